The lowest BCUT2D eigenvalue weighted by atomic mass is 10.1. The molecule has 29 heavy (non-hydrogen) atoms. The van der Waals surface area contributed by atoms with Crippen LogP contribution >= 0.6 is 23.2 Å². The zero-order valence-corrected chi connectivity index (χ0v) is 17.8. The third-order valence-electron chi connectivity index (χ3n) is 4.28. The number of hydrogen-bond acceptors (Lipinski definition) is 4. The molecule has 150 valence electrons. The molecule has 0 atom stereocenters. The summed E-state index contributed by atoms with van der Waals surface area (Å²) in [4.78, 5) is 12.4. The molecule has 1 heterocycles. The van der Waals surface area contributed by atoms with Crippen LogP contribution in [0, 0.1) is 6.92 Å². The van der Waals surface area contributed by atoms with E-state index in [4.69, 9.17) is 32.7 Å². The SMILES string of the molecule is COc1ccc(/C=C/C(=O)c2cc(C)nn2C)cc1COc1c(Cl)cccc1Cl. The van der Waals surface area contributed by atoms with Crippen molar-refractivity contribution in [3.8, 4) is 11.5 Å². The molecule has 0 aliphatic rings. The van der Waals surface area contributed by atoms with Crippen LogP contribution in [0.1, 0.15) is 27.3 Å². The Morgan fingerprint density at radius 3 is 2.52 bits per heavy atom. The van der Waals surface area contributed by atoms with Crippen molar-refractivity contribution < 1.29 is 14.3 Å². The van der Waals surface area contributed by atoms with Crippen LogP contribution in [0.4, 0.5) is 0 Å². The van der Waals surface area contributed by atoms with E-state index in [1.807, 2.05) is 25.1 Å². The molecule has 0 bridgehead atoms. The Kier molecular flexibility index (Phi) is 6.62. The monoisotopic (exact) mass is 430 g/mol. The number of carbonyl (C=O) groups is 1. The first-order chi connectivity index (χ1) is 13.9. The molecule has 0 unspecified atom stereocenters. The second-order valence-electron chi connectivity index (χ2n) is 6.40. The summed E-state index contributed by atoms with van der Waals surface area (Å²) in [6.45, 7) is 2.06. The quantitative estimate of drug-likeness (QED) is 0.365. The topological polar surface area (TPSA) is 53.3 Å². The van der Waals surface area contributed by atoms with Crippen LogP contribution in [-0.4, -0.2) is 22.7 Å². The molecular formula is C22H20Cl2N2O3. The average Bonchev–Trinajstić information content (AvgIpc) is 3.04. The van der Waals surface area contributed by atoms with Gasteiger partial charge in [0.25, 0.3) is 0 Å². The molecule has 0 aliphatic carbocycles. The van der Waals surface area contributed by atoms with E-state index in [0.717, 1.165) is 16.8 Å². The van der Waals surface area contributed by atoms with Crippen molar-refractivity contribution in [2.24, 2.45) is 7.05 Å². The highest BCUT2D eigenvalue weighted by atomic mass is 35.5. The number of methoxy groups -OCH3 is 1. The lowest BCUT2D eigenvalue weighted by Gasteiger charge is -2.13. The van der Waals surface area contributed by atoms with Gasteiger partial charge in [0, 0.05) is 12.6 Å². The first-order valence-electron chi connectivity index (χ1n) is 8.86. The van der Waals surface area contributed by atoms with Crippen LogP contribution in [0.2, 0.25) is 10.0 Å². The van der Waals surface area contributed by atoms with Gasteiger partial charge in [-0.3, -0.25) is 9.48 Å². The van der Waals surface area contributed by atoms with Gasteiger partial charge in [-0.1, -0.05) is 41.4 Å². The van der Waals surface area contributed by atoms with Crippen molar-refractivity contribution >= 4 is 35.1 Å². The Bertz CT molecular complexity index is 1050. The van der Waals surface area contributed by atoms with Gasteiger partial charge in [-0.2, -0.15) is 5.10 Å². The Hall–Kier alpha value is -2.76. The summed E-state index contributed by atoms with van der Waals surface area (Å²) in [6.07, 6.45) is 3.27. The molecule has 3 rings (SSSR count). The van der Waals surface area contributed by atoms with Crippen molar-refractivity contribution in [1.82, 2.24) is 9.78 Å². The minimum atomic E-state index is -0.121. The number of aryl methyl sites for hydroxylation is 2. The highest BCUT2D eigenvalue weighted by Gasteiger charge is 2.11. The van der Waals surface area contributed by atoms with E-state index in [1.54, 1.807) is 49.2 Å². The number of aromatic nitrogens is 2. The van der Waals surface area contributed by atoms with Crippen molar-refractivity contribution in [1.29, 1.82) is 0 Å². The second-order valence-corrected chi connectivity index (χ2v) is 7.22. The van der Waals surface area contributed by atoms with Crippen LogP contribution < -0.4 is 9.47 Å². The summed E-state index contributed by atoms with van der Waals surface area (Å²) in [6, 6.07) is 12.5. The number of hydrogen-bond donors (Lipinski definition) is 0. The summed E-state index contributed by atoms with van der Waals surface area (Å²) in [5.41, 5.74) is 2.96. The lowest BCUT2D eigenvalue weighted by Crippen LogP contribution is -2.04. The fourth-order valence-electron chi connectivity index (χ4n) is 2.88. The van der Waals surface area contributed by atoms with Gasteiger partial charge in [0.15, 0.2) is 5.75 Å². The molecule has 0 saturated heterocycles. The van der Waals surface area contributed by atoms with Gasteiger partial charge < -0.3 is 9.47 Å². The van der Waals surface area contributed by atoms with Gasteiger partial charge in [-0.05, 0) is 48.9 Å². The van der Waals surface area contributed by atoms with Crippen molar-refractivity contribution in [2.75, 3.05) is 7.11 Å². The highest BCUT2D eigenvalue weighted by molar-refractivity contribution is 6.37. The van der Waals surface area contributed by atoms with Crippen LogP contribution in [0.25, 0.3) is 6.08 Å². The molecule has 0 radical (unpaired) electrons. The number of rotatable bonds is 7. The van der Waals surface area contributed by atoms with Gasteiger partial charge in [-0.15, -0.1) is 0 Å². The molecule has 3 aromatic rings. The molecule has 0 fully saturated rings. The van der Waals surface area contributed by atoms with Gasteiger partial charge in [-0.25, -0.2) is 0 Å². The van der Waals surface area contributed by atoms with Crippen LogP contribution in [0.3, 0.4) is 0 Å². The Labute approximate surface area is 179 Å². The summed E-state index contributed by atoms with van der Waals surface area (Å²) >= 11 is 12.3. The number of carbonyl (C=O) groups excluding carboxylic acids is 1. The number of para-hydroxylation sites is 1. The molecule has 0 amide bonds. The van der Waals surface area contributed by atoms with Gasteiger partial charge >= 0.3 is 0 Å². The third-order valence-corrected chi connectivity index (χ3v) is 4.87. The molecule has 7 heteroatoms. The van der Waals surface area contributed by atoms with E-state index in [1.165, 1.54) is 6.08 Å². The van der Waals surface area contributed by atoms with Crippen LogP contribution in [0.15, 0.2) is 48.5 Å². The minimum Gasteiger partial charge on any atom is -0.496 e. The van der Waals surface area contributed by atoms with E-state index in [-0.39, 0.29) is 12.4 Å². The molecule has 0 spiro atoms. The Morgan fingerprint density at radius 1 is 1.17 bits per heavy atom. The first-order valence-corrected chi connectivity index (χ1v) is 9.61. The predicted octanol–water partition coefficient (Wildman–Crippen LogP) is 5.52. The largest absolute Gasteiger partial charge is 0.496 e. The Balaban J connectivity index is 1.79. The number of allylic oxidation sites excluding steroid dienone is 1. The van der Waals surface area contributed by atoms with Crippen LogP contribution in [0.5, 0.6) is 11.5 Å². The first kappa shape index (κ1) is 21.0. The predicted molar refractivity (Wildman–Crippen MR) is 115 cm³/mol. The smallest absolute Gasteiger partial charge is 0.203 e. The number of halogens is 2. The number of benzene rings is 2. The molecule has 0 N–H and O–H groups in total. The zero-order valence-electron chi connectivity index (χ0n) is 16.3. The number of ether oxygens (including phenoxy) is 2. The van der Waals surface area contributed by atoms with Crippen LogP contribution in [-0.2, 0) is 13.7 Å². The maximum Gasteiger partial charge on any atom is 0.203 e. The number of nitrogens with zero attached hydrogens (tertiary/aromatic N) is 2. The fraction of sp³-hybridized carbons (Fsp3) is 0.182. The zero-order chi connectivity index (χ0) is 21.0. The van der Waals surface area contributed by atoms with Crippen molar-refractivity contribution in [2.45, 2.75) is 13.5 Å². The average molecular weight is 431 g/mol. The maximum atomic E-state index is 12.4. The summed E-state index contributed by atoms with van der Waals surface area (Å²) in [5.74, 6) is 0.962. The molecule has 0 aliphatic heterocycles. The standard InChI is InChI=1S/C22H20Cl2N2O3/c1-14-11-19(26(2)25-14)20(27)9-7-15-8-10-21(28-3)16(12-15)13-29-22-17(23)5-4-6-18(22)24/h4-12H,13H2,1-3H3/b9-7+. The molecule has 5 nitrogen and oxygen atoms in total. The van der Waals surface area contributed by atoms with Gasteiger partial charge in [0.1, 0.15) is 18.1 Å². The second kappa shape index (κ2) is 9.16. The molecular weight excluding hydrogens is 411 g/mol. The van der Waals surface area contributed by atoms with Crippen molar-refractivity contribution in [3.05, 3.63) is 81.1 Å². The molecule has 0 saturated carbocycles. The van der Waals surface area contributed by atoms with E-state index in [0.29, 0.717) is 27.2 Å². The fourth-order valence-corrected chi connectivity index (χ4v) is 3.39. The summed E-state index contributed by atoms with van der Waals surface area (Å²) in [5, 5.41) is 5.07. The van der Waals surface area contributed by atoms with Gasteiger partial charge in [0.05, 0.1) is 22.8 Å². The maximum absolute atomic E-state index is 12.4. The van der Waals surface area contributed by atoms with E-state index in [9.17, 15) is 4.79 Å². The highest BCUT2D eigenvalue weighted by Crippen LogP contribution is 2.33. The minimum absolute atomic E-state index is 0.121. The summed E-state index contributed by atoms with van der Waals surface area (Å²) < 4.78 is 12.8. The Morgan fingerprint density at radius 2 is 1.90 bits per heavy atom. The summed E-state index contributed by atoms with van der Waals surface area (Å²) in [7, 11) is 3.34. The van der Waals surface area contributed by atoms with Gasteiger partial charge in [0.2, 0.25) is 5.78 Å². The van der Waals surface area contributed by atoms with Crippen molar-refractivity contribution in [3.63, 3.8) is 0 Å². The normalized spacial score (nSPS) is 11.1. The molecule has 2 aromatic carbocycles. The van der Waals surface area contributed by atoms with E-state index >= 15 is 0 Å². The lowest BCUT2D eigenvalue weighted by molar-refractivity contribution is 0.103. The van der Waals surface area contributed by atoms with E-state index in [2.05, 4.69) is 5.10 Å². The molecule has 1 aromatic heterocycles. The van der Waals surface area contributed by atoms with E-state index < -0.39 is 0 Å². The number of ketones is 1. The third kappa shape index (κ3) is 5.00.